The molecule has 0 atom stereocenters. The zero-order valence-electron chi connectivity index (χ0n) is 11.5. The van der Waals surface area contributed by atoms with Gasteiger partial charge in [-0.05, 0) is 36.6 Å². The van der Waals surface area contributed by atoms with E-state index in [0.717, 1.165) is 36.3 Å². The molecular formula is C16H22O2. The molecule has 0 saturated carbocycles. The fourth-order valence-electron chi connectivity index (χ4n) is 1.76. The molecule has 0 radical (unpaired) electrons. The number of ether oxygens (including phenoxy) is 1. The summed E-state index contributed by atoms with van der Waals surface area (Å²) in [5.74, 6) is 7.09. The minimum atomic E-state index is -0.105. The van der Waals surface area contributed by atoms with E-state index in [1.807, 2.05) is 25.1 Å². The summed E-state index contributed by atoms with van der Waals surface area (Å²) in [6.07, 6.45) is 2.30. The normalized spacial score (nSPS) is 10.1. The lowest BCUT2D eigenvalue weighted by atomic mass is 10.1. The molecule has 0 fully saturated rings. The lowest BCUT2D eigenvalue weighted by molar-refractivity contribution is 0.239. The molecule has 0 saturated heterocycles. The van der Waals surface area contributed by atoms with Gasteiger partial charge in [-0.25, -0.2) is 0 Å². The van der Waals surface area contributed by atoms with Gasteiger partial charge in [0.1, 0.15) is 12.4 Å². The molecule has 0 aliphatic carbocycles. The summed E-state index contributed by atoms with van der Waals surface area (Å²) in [6, 6.07) is 5.88. The number of rotatable bonds is 5. The van der Waals surface area contributed by atoms with Gasteiger partial charge >= 0.3 is 0 Å². The van der Waals surface area contributed by atoms with Crippen LogP contribution in [0.2, 0.25) is 0 Å². The SMILES string of the molecule is CCC(CC)COc1ccc(C#CCO)cc1C. The van der Waals surface area contributed by atoms with Crippen LogP contribution in [0.4, 0.5) is 0 Å². The summed E-state index contributed by atoms with van der Waals surface area (Å²) >= 11 is 0. The molecule has 2 heteroatoms. The van der Waals surface area contributed by atoms with E-state index in [-0.39, 0.29) is 6.61 Å². The average molecular weight is 246 g/mol. The number of aliphatic hydroxyl groups is 1. The molecule has 0 unspecified atom stereocenters. The molecule has 0 heterocycles. The lowest BCUT2D eigenvalue weighted by Crippen LogP contribution is -2.10. The first-order valence-corrected chi connectivity index (χ1v) is 6.54. The number of hydrogen-bond acceptors (Lipinski definition) is 2. The maximum Gasteiger partial charge on any atom is 0.122 e. The molecule has 0 bridgehead atoms. The van der Waals surface area contributed by atoms with Crippen LogP contribution in [0.25, 0.3) is 0 Å². The molecule has 1 aromatic rings. The Morgan fingerprint density at radius 3 is 2.56 bits per heavy atom. The topological polar surface area (TPSA) is 29.5 Å². The number of benzene rings is 1. The molecule has 18 heavy (non-hydrogen) atoms. The van der Waals surface area contributed by atoms with E-state index in [0.29, 0.717) is 5.92 Å². The Kier molecular flexibility index (Phi) is 6.32. The van der Waals surface area contributed by atoms with Crippen molar-refractivity contribution in [2.75, 3.05) is 13.2 Å². The van der Waals surface area contributed by atoms with Crippen molar-refractivity contribution in [3.05, 3.63) is 29.3 Å². The highest BCUT2D eigenvalue weighted by Crippen LogP contribution is 2.20. The van der Waals surface area contributed by atoms with Crippen molar-refractivity contribution in [3.8, 4) is 17.6 Å². The van der Waals surface area contributed by atoms with Crippen LogP contribution >= 0.6 is 0 Å². The summed E-state index contributed by atoms with van der Waals surface area (Å²) in [5.41, 5.74) is 2.00. The minimum Gasteiger partial charge on any atom is -0.493 e. The Balaban J connectivity index is 2.68. The Morgan fingerprint density at radius 2 is 2.00 bits per heavy atom. The summed E-state index contributed by atoms with van der Waals surface area (Å²) in [6.45, 7) is 7.07. The van der Waals surface area contributed by atoms with Crippen molar-refractivity contribution in [2.45, 2.75) is 33.6 Å². The highest BCUT2D eigenvalue weighted by molar-refractivity contribution is 5.43. The van der Waals surface area contributed by atoms with Gasteiger partial charge in [0.25, 0.3) is 0 Å². The third kappa shape index (κ3) is 4.43. The van der Waals surface area contributed by atoms with E-state index in [1.54, 1.807) is 0 Å². The van der Waals surface area contributed by atoms with Gasteiger partial charge in [0, 0.05) is 5.56 Å². The molecule has 0 aromatic heterocycles. The van der Waals surface area contributed by atoms with Gasteiger partial charge in [-0.15, -0.1) is 0 Å². The maximum atomic E-state index is 8.65. The smallest absolute Gasteiger partial charge is 0.122 e. The van der Waals surface area contributed by atoms with Gasteiger partial charge in [-0.1, -0.05) is 38.5 Å². The summed E-state index contributed by atoms with van der Waals surface area (Å²) in [4.78, 5) is 0. The summed E-state index contributed by atoms with van der Waals surface area (Å²) in [7, 11) is 0. The third-order valence-corrected chi connectivity index (χ3v) is 3.12. The Labute approximate surface area is 110 Å². The minimum absolute atomic E-state index is 0.105. The molecule has 0 spiro atoms. The Bertz CT molecular complexity index is 422. The molecule has 98 valence electrons. The first kappa shape index (κ1) is 14.6. The average Bonchev–Trinajstić information content (AvgIpc) is 2.39. The molecule has 1 N–H and O–H groups in total. The summed E-state index contributed by atoms with van der Waals surface area (Å²) < 4.78 is 5.84. The van der Waals surface area contributed by atoms with Crippen LogP contribution in [0.1, 0.15) is 37.8 Å². The molecular weight excluding hydrogens is 224 g/mol. The second-order valence-electron chi connectivity index (χ2n) is 4.43. The molecule has 1 rings (SSSR count). The van der Waals surface area contributed by atoms with Gasteiger partial charge in [0.15, 0.2) is 0 Å². The van der Waals surface area contributed by atoms with Gasteiger partial charge < -0.3 is 9.84 Å². The van der Waals surface area contributed by atoms with E-state index < -0.39 is 0 Å². The van der Waals surface area contributed by atoms with Crippen molar-refractivity contribution in [1.82, 2.24) is 0 Å². The first-order chi connectivity index (χ1) is 8.71. The van der Waals surface area contributed by atoms with E-state index in [1.165, 1.54) is 0 Å². The van der Waals surface area contributed by atoms with Crippen LogP contribution in [-0.4, -0.2) is 18.3 Å². The van der Waals surface area contributed by atoms with E-state index >= 15 is 0 Å². The fourth-order valence-corrected chi connectivity index (χ4v) is 1.76. The zero-order valence-corrected chi connectivity index (χ0v) is 11.5. The van der Waals surface area contributed by atoms with Gasteiger partial charge in [0.05, 0.1) is 6.61 Å². The van der Waals surface area contributed by atoms with Gasteiger partial charge in [-0.3, -0.25) is 0 Å². The highest BCUT2D eigenvalue weighted by atomic mass is 16.5. The van der Waals surface area contributed by atoms with Gasteiger partial charge in [-0.2, -0.15) is 0 Å². The standard InChI is InChI=1S/C16H22O2/c1-4-14(5-2)12-18-16-9-8-15(7-6-10-17)11-13(16)3/h8-9,11,14,17H,4-5,10,12H2,1-3H3. The quantitative estimate of drug-likeness (QED) is 0.809. The summed E-state index contributed by atoms with van der Waals surface area (Å²) in [5, 5.41) is 8.65. The van der Waals surface area contributed by atoms with Crippen molar-refractivity contribution in [2.24, 2.45) is 5.92 Å². The Hall–Kier alpha value is -1.46. The second kappa shape index (κ2) is 7.79. The second-order valence-corrected chi connectivity index (χ2v) is 4.43. The van der Waals surface area contributed by atoms with Crippen LogP contribution in [0.5, 0.6) is 5.75 Å². The monoisotopic (exact) mass is 246 g/mol. The predicted molar refractivity (Wildman–Crippen MR) is 74.7 cm³/mol. The fraction of sp³-hybridized carbons (Fsp3) is 0.500. The van der Waals surface area contributed by atoms with Crippen molar-refractivity contribution < 1.29 is 9.84 Å². The lowest BCUT2D eigenvalue weighted by Gasteiger charge is -2.15. The number of aliphatic hydroxyl groups excluding tert-OH is 1. The zero-order chi connectivity index (χ0) is 13.4. The van der Waals surface area contributed by atoms with Crippen LogP contribution in [0.15, 0.2) is 18.2 Å². The molecule has 0 amide bonds. The van der Waals surface area contributed by atoms with E-state index in [2.05, 4.69) is 25.7 Å². The first-order valence-electron chi connectivity index (χ1n) is 6.54. The van der Waals surface area contributed by atoms with Crippen LogP contribution in [0, 0.1) is 24.7 Å². The highest BCUT2D eigenvalue weighted by Gasteiger charge is 2.06. The number of aryl methyl sites for hydroxylation is 1. The molecule has 0 aliphatic rings. The van der Waals surface area contributed by atoms with Crippen molar-refractivity contribution in [3.63, 3.8) is 0 Å². The van der Waals surface area contributed by atoms with E-state index in [4.69, 9.17) is 9.84 Å². The van der Waals surface area contributed by atoms with E-state index in [9.17, 15) is 0 Å². The maximum absolute atomic E-state index is 8.65. The predicted octanol–water partition coefficient (Wildman–Crippen LogP) is 3.15. The van der Waals surface area contributed by atoms with Crippen molar-refractivity contribution >= 4 is 0 Å². The van der Waals surface area contributed by atoms with Crippen LogP contribution in [-0.2, 0) is 0 Å². The molecule has 0 aliphatic heterocycles. The molecule has 1 aromatic carbocycles. The Morgan fingerprint density at radius 1 is 1.28 bits per heavy atom. The van der Waals surface area contributed by atoms with Crippen LogP contribution < -0.4 is 4.74 Å². The largest absolute Gasteiger partial charge is 0.493 e. The van der Waals surface area contributed by atoms with Gasteiger partial charge in [0.2, 0.25) is 0 Å². The molecule has 2 nitrogen and oxygen atoms in total. The number of hydrogen-bond donors (Lipinski definition) is 1. The van der Waals surface area contributed by atoms with Crippen LogP contribution in [0.3, 0.4) is 0 Å². The third-order valence-electron chi connectivity index (χ3n) is 3.12. The van der Waals surface area contributed by atoms with Crippen molar-refractivity contribution in [1.29, 1.82) is 0 Å².